The third-order valence-electron chi connectivity index (χ3n) is 7.62. The fourth-order valence-electron chi connectivity index (χ4n) is 5.63. The van der Waals surface area contributed by atoms with Gasteiger partial charge in [-0.05, 0) is 62.3 Å². The van der Waals surface area contributed by atoms with E-state index in [0.717, 1.165) is 22.2 Å². The summed E-state index contributed by atoms with van der Waals surface area (Å²) in [4.78, 5) is 26.1. The van der Waals surface area contributed by atoms with Gasteiger partial charge in [0.25, 0.3) is 0 Å². The monoisotopic (exact) mass is 509 g/mol. The van der Waals surface area contributed by atoms with Gasteiger partial charge < -0.3 is 14.6 Å². The number of aromatic nitrogens is 1. The normalized spacial score (nSPS) is 22.7. The summed E-state index contributed by atoms with van der Waals surface area (Å²) in [7, 11) is -1.80. The molecule has 2 aliphatic rings. The molecule has 8 nitrogen and oxygen atoms in total. The number of nitrogens with zero attached hydrogens (tertiary/aromatic N) is 2. The largest absolute Gasteiger partial charge is 0.480 e. The van der Waals surface area contributed by atoms with Crippen LogP contribution in [0.2, 0.25) is 0 Å². The van der Waals surface area contributed by atoms with E-state index >= 15 is 0 Å². The Morgan fingerprint density at radius 1 is 0.972 bits per heavy atom. The number of carboxylic acids is 1. The molecule has 0 unspecified atom stereocenters. The number of sulfonamides is 1. The number of rotatable bonds is 6. The van der Waals surface area contributed by atoms with Gasteiger partial charge in [0, 0.05) is 42.1 Å². The molecule has 1 aromatic heterocycles. The smallest absolute Gasteiger partial charge is 0.326 e. The standard InChI is InChI=1S/C27H31N3O5S/c1-29-24(18-6-3-2-4-7-18)16-20-11-14-22(17-25(20)29)36(34,35)28-21-12-9-19(10-13-21)26(31)30-15-5-8-23(30)27(32)33/h2-4,6-7,11,14,16-17,19,21,23,28H,5,8-10,12-13,15H2,1H3,(H,32,33)/t19-,21-,23-/m1/s1. The lowest BCUT2D eigenvalue weighted by Crippen LogP contribution is -2.46. The van der Waals surface area contributed by atoms with Crippen LogP contribution in [0.3, 0.4) is 0 Å². The highest BCUT2D eigenvalue weighted by atomic mass is 32.2. The number of amides is 1. The number of hydrogen-bond acceptors (Lipinski definition) is 4. The van der Waals surface area contributed by atoms with Crippen molar-refractivity contribution in [2.75, 3.05) is 6.54 Å². The van der Waals surface area contributed by atoms with Gasteiger partial charge in [-0.2, -0.15) is 0 Å². The van der Waals surface area contributed by atoms with E-state index in [1.54, 1.807) is 12.1 Å². The predicted octanol–water partition coefficient (Wildman–Crippen LogP) is 3.76. The quantitative estimate of drug-likeness (QED) is 0.526. The van der Waals surface area contributed by atoms with E-state index in [9.17, 15) is 23.1 Å². The Morgan fingerprint density at radius 3 is 2.39 bits per heavy atom. The fourth-order valence-corrected chi connectivity index (χ4v) is 6.95. The van der Waals surface area contributed by atoms with Crippen LogP contribution in [0.1, 0.15) is 38.5 Å². The second-order valence-electron chi connectivity index (χ2n) is 9.87. The number of benzene rings is 2. The second kappa shape index (κ2) is 9.71. The van der Waals surface area contributed by atoms with Gasteiger partial charge in [-0.1, -0.05) is 36.4 Å². The zero-order chi connectivity index (χ0) is 25.4. The molecule has 36 heavy (non-hydrogen) atoms. The van der Waals surface area contributed by atoms with E-state index in [0.29, 0.717) is 45.1 Å². The van der Waals surface area contributed by atoms with Crippen molar-refractivity contribution in [1.29, 1.82) is 0 Å². The van der Waals surface area contributed by atoms with Gasteiger partial charge in [-0.25, -0.2) is 17.9 Å². The van der Waals surface area contributed by atoms with Crippen LogP contribution in [0.15, 0.2) is 59.5 Å². The molecule has 190 valence electrons. The summed E-state index contributed by atoms with van der Waals surface area (Å²) < 4.78 is 31.3. The van der Waals surface area contributed by atoms with Crippen molar-refractivity contribution in [2.45, 2.75) is 55.5 Å². The predicted molar refractivity (Wildman–Crippen MR) is 137 cm³/mol. The van der Waals surface area contributed by atoms with Gasteiger partial charge in [-0.15, -0.1) is 0 Å². The van der Waals surface area contributed by atoms with E-state index < -0.39 is 22.0 Å². The zero-order valence-corrected chi connectivity index (χ0v) is 21.1. The van der Waals surface area contributed by atoms with Crippen LogP contribution in [0.5, 0.6) is 0 Å². The summed E-state index contributed by atoms with van der Waals surface area (Å²) in [6.07, 6.45) is 3.39. The average molecular weight is 510 g/mol. The highest BCUT2D eigenvalue weighted by Crippen LogP contribution is 2.31. The van der Waals surface area contributed by atoms with E-state index in [1.807, 2.05) is 48.0 Å². The first-order valence-corrected chi connectivity index (χ1v) is 13.9. The van der Waals surface area contributed by atoms with Crippen LogP contribution in [-0.2, 0) is 26.7 Å². The van der Waals surface area contributed by atoms with Crippen molar-refractivity contribution in [3.63, 3.8) is 0 Å². The molecular weight excluding hydrogens is 478 g/mol. The van der Waals surface area contributed by atoms with Crippen LogP contribution < -0.4 is 4.72 Å². The zero-order valence-electron chi connectivity index (χ0n) is 20.3. The summed E-state index contributed by atoms with van der Waals surface area (Å²) in [5.74, 6) is -1.31. The number of hydrogen-bond donors (Lipinski definition) is 2. The number of carbonyl (C=O) groups excluding carboxylic acids is 1. The average Bonchev–Trinajstić information content (AvgIpc) is 3.49. The Morgan fingerprint density at radius 2 is 1.69 bits per heavy atom. The summed E-state index contributed by atoms with van der Waals surface area (Å²) in [6.45, 7) is 0.482. The Hall–Kier alpha value is -3.17. The first-order chi connectivity index (χ1) is 17.2. The third-order valence-corrected chi connectivity index (χ3v) is 9.13. The minimum absolute atomic E-state index is 0.107. The highest BCUT2D eigenvalue weighted by Gasteiger charge is 2.38. The van der Waals surface area contributed by atoms with E-state index in [-0.39, 0.29) is 22.8 Å². The number of likely N-dealkylation sites (tertiary alicyclic amines) is 1. The van der Waals surface area contributed by atoms with Crippen molar-refractivity contribution in [1.82, 2.24) is 14.2 Å². The van der Waals surface area contributed by atoms with Crippen LogP contribution in [-0.4, -0.2) is 53.5 Å². The molecule has 2 heterocycles. The molecule has 1 aliphatic carbocycles. The first kappa shape index (κ1) is 24.5. The molecule has 1 saturated heterocycles. The summed E-state index contributed by atoms with van der Waals surface area (Å²) in [6, 6.07) is 16.2. The molecule has 9 heteroatoms. The number of aryl methyl sites for hydroxylation is 1. The molecule has 1 amide bonds. The van der Waals surface area contributed by atoms with Gasteiger partial charge in [0.15, 0.2) is 0 Å². The van der Waals surface area contributed by atoms with Gasteiger partial charge in [-0.3, -0.25) is 4.79 Å². The Kier molecular flexibility index (Phi) is 6.61. The van der Waals surface area contributed by atoms with E-state index in [2.05, 4.69) is 10.8 Å². The lowest BCUT2D eigenvalue weighted by molar-refractivity contribution is -0.150. The maximum Gasteiger partial charge on any atom is 0.326 e. The SMILES string of the molecule is Cn1c(-c2ccccc2)cc2ccc(S(=O)(=O)N[C@H]3CC[C@H](C(=O)N4CCC[C@@H]4C(=O)O)CC3)cc21. The van der Waals surface area contributed by atoms with Crippen molar-refractivity contribution in [2.24, 2.45) is 13.0 Å². The molecule has 3 aromatic rings. The molecular formula is C27H31N3O5S. The maximum absolute atomic E-state index is 13.2. The van der Waals surface area contributed by atoms with Crippen molar-refractivity contribution >= 4 is 32.8 Å². The molecule has 0 radical (unpaired) electrons. The minimum atomic E-state index is -3.73. The van der Waals surface area contributed by atoms with Crippen LogP contribution in [0.4, 0.5) is 0 Å². The first-order valence-electron chi connectivity index (χ1n) is 12.4. The lowest BCUT2D eigenvalue weighted by atomic mass is 9.85. The summed E-state index contributed by atoms with van der Waals surface area (Å²) >= 11 is 0. The topological polar surface area (TPSA) is 109 Å². The van der Waals surface area contributed by atoms with Gasteiger partial charge in [0.1, 0.15) is 6.04 Å². The molecule has 2 fully saturated rings. The summed E-state index contributed by atoms with van der Waals surface area (Å²) in [5.41, 5.74) is 2.91. The van der Waals surface area contributed by atoms with Crippen molar-refractivity contribution in [3.8, 4) is 11.3 Å². The Bertz CT molecular complexity index is 1390. The number of carboxylic acid groups (broad SMARTS) is 1. The van der Waals surface area contributed by atoms with Crippen molar-refractivity contribution in [3.05, 3.63) is 54.6 Å². The molecule has 1 atom stereocenters. The minimum Gasteiger partial charge on any atom is -0.480 e. The number of aliphatic carboxylic acids is 1. The second-order valence-corrected chi connectivity index (χ2v) is 11.6. The molecule has 0 bridgehead atoms. The lowest BCUT2D eigenvalue weighted by Gasteiger charge is -2.32. The molecule has 2 N–H and O–H groups in total. The number of fused-ring (bicyclic) bond motifs is 1. The molecule has 2 aromatic carbocycles. The fraction of sp³-hybridized carbons (Fsp3) is 0.407. The Balaban J connectivity index is 1.26. The highest BCUT2D eigenvalue weighted by molar-refractivity contribution is 7.89. The maximum atomic E-state index is 13.2. The molecule has 0 spiro atoms. The van der Waals surface area contributed by atoms with Crippen LogP contribution >= 0.6 is 0 Å². The molecule has 1 aliphatic heterocycles. The van der Waals surface area contributed by atoms with Crippen LogP contribution in [0, 0.1) is 5.92 Å². The van der Waals surface area contributed by atoms with Gasteiger partial charge in [0.05, 0.1) is 4.90 Å². The van der Waals surface area contributed by atoms with Gasteiger partial charge >= 0.3 is 5.97 Å². The third kappa shape index (κ3) is 4.65. The van der Waals surface area contributed by atoms with Gasteiger partial charge in [0.2, 0.25) is 15.9 Å². The Labute approximate surface area is 211 Å². The number of nitrogens with one attached hydrogen (secondary N) is 1. The van der Waals surface area contributed by atoms with Crippen molar-refractivity contribution < 1.29 is 23.1 Å². The summed E-state index contributed by atoms with van der Waals surface area (Å²) in [5, 5.41) is 10.3. The van der Waals surface area contributed by atoms with E-state index in [4.69, 9.17) is 0 Å². The van der Waals surface area contributed by atoms with E-state index in [1.165, 1.54) is 4.90 Å². The number of carbonyl (C=O) groups is 2. The molecule has 5 rings (SSSR count). The van der Waals surface area contributed by atoms with Crippen LogP contribution in [0.25, 0.3) is 22.2 Å². The molecule has 1 saturated carbocycles.